The van der Waals surface area contributed by atoms with Crippen molar-refractivity contribution < 1.29 is 24.5 Å². The summed E-state index contributed by atoms with van der Waals surface area (Å²) in [6, 6.07) is 0. The summed E-state index contributed by atoms with van der Waals surface area (Å²) < 4.78 is 10.3. The van der Waals surface area contributed by atoms with Crippen LogP contribution in [0.2, 0.25) is 0 Å². The average Bonchev–Trinajstić information content (AvgIpc) is 2.83. The summed E-state index contributed by atoms with van der Waals surface area (Å²) in [5, 5.41) is 19.3. The second-order valence-electron chi connectivity index (χ2n) is 3.94. The molecule has 1 aliphatic heterocycles. The Morgan fingerprint density at radius 1 is 1.82 bits per heavy atom. The van der Waals surface area contributed by atoms with Crippen molar-refractivity contribution in [2.45, 2.75) is 31.3 Å². The van der Waals surface area contributed by atoms with E-state index >= 15 is 0 Å². The molecule has 0 aliphatic carbocycles. The lowest BCUT2D eigenvalue weighted by molar-refractivity contribution is -0.227. The molecular weight excluding hydrogens is 228 g/mol. The molecule has 1 saturated heterocycles. The Morgan fingerprint density at radius 2 is 2.59 bits per heavy atom. The minimum Gasteiger partial charge on any atom is -0.430 e. The van der Waals surface area contributed by atoms with Crippen molar-refractivity contribution in [2.75, 3.05) is 6.61 Å². The maximum absolute atomic E-state index is 11.0. The molecule has 2 heterocycles. The number of carbonyl (C=O) groups is 1. The third-order valence-corrected chi connectivity index (χ3v) is 2.55. The quantitative estimate of drug-likeness (QED) is 0.487. The van der Waals surface area contributed by atoms with Gasteiger partial charge in [-0.3, -0.25) is 4.79 Å². The summed E-state index contributed by atoms with van der Waals surface area (Å²) >= 11 is 0. The van der Waals surface area contributed by atoms with E-state index in [0.717, 1.165) is 0 Å². The zero-order valence-corrected chi connectivity index (χ0v) is 9.29. The van der Waals surface area contributed by atoms with Gasteiger partial charge in [-0.2, -0.15) is 0 Å². The number of rotatable bonds is 3. The number of nitrogens with zero attached hydrogens (tertiary/aromatic N) is 1. The number of aliphatic hydroxyl groups is 2. The Hall–Kier alpha value is -1.44. The molecule has 17 heavy (non-hydrogen) atoms. The van der Waals surface area contributed by atoms with Crippen LogP contribution in [0.15, 0.2) is 12.4 Å². The molecule has 1 aromatic heterocycles. The van der Waals surface area contributed by atoms with Gasteiger partial charge in [0.25, 0.3) is 0 Å². The molecule has 0 amide bonds. The highest BCUT2D eigenvalue weighted by Gasteiger charge is 2.52. The summed E-state index contributed by atoms with van der Waals surface area (Å²) in [6.45, 7) is 0.935. The normalized spacial score (nSPS) is 32.6. The third kappa shape index (κ3) is 2.31. The largest absolute Gasteiger partial charge is 0.430 e. The molecule has 1 unspecified atom stereocenters. The average molecular weight is 242 g/mol. The molecule has 0 aromatic carbocycles. The number of hydrogen-bond acceptors (Lipinski definition) is 6. The molecule has 0 bridgehead atoms. The van der Waals surface area contributed by atoms with Gasteiger partial charge in [0.1, 0.15) is 5.82 Å². The standard InChI is InChI=1S/C10H14N2O5/c1-6(14)17-10(15)4-7(5-13)16-8(10)9-11-2-3-12-9/h2-3,7-8,13,15H,4-5H2,1H3,(H,11,12)/t7-,8?,10-/m0/s1. The van der Waals surface area contributed by atoms with E-state index in [0.29, 0.717) is 5.82 Å². The van der Waals surface area contributed by atoms with Crippen LogP contribution in [0.25, 0.3) is 0 Å². The van der Waals surface area contributed by atoms with E-state index in [2.05, 4.69) is 9.97 Å². The Labute approximate surface area is 97.4 Å². The van der Waals surface area contributed by atoms with Crippen LogP contribution < -0.4 is 0 Å². The molecule has 94 valence electrons. The SMILES string of the molecule is CC(=O)O[C@@]1(O)C[C@@H](CO)OC1c1ncc[nH]1. The van der Waals surface area contributed by atoms with Crippen LogP contribution >= 0.6 is 0 Å². The first-order valence-electron chi connectivity index (χ1n) is 5.22. The van der Waals surface area contributed by atoms with Crippen LogP contribution in [-0.4, -0.2) is 44.6 Å². The number of aromatic amines is 1. The van der Waals surface area contributed by atoms with Crippen LogP contribution in [-0.2, 0) is 14.3 Å². The van der Waals surface area contributed by atoms with E-state index in [1.807, 2.05) is 0 Å². The molecule has 0 saturated carbocycles. The van der Waals surface area contributed by atoms with Crippen molar-refractivity contribution >= 4 is 5.97 Å². The van der Waals surface area contributed by atoms with Gasteiger partial charge in [-0.15, -0.1) is 0 Å². The number of esters is 1. The fourth-order valence-electron chi connectivity index (χ4n) is 1.93. The highest BCUT2D eigenvalue weighted by molar-refractivity contribution is 5.66. The molecule has 7 nitrogen and oxygen atoms in total. The Morgan fingerprint density at radius 3 is 3.12 bits per heavy atom. The minimum absolute atomic E-state index is 0.00838. The highest BCUT2D eigenvalue weighted by atomic mass is 16.7. The number of ether oxygens (including phenoxy) is 2. The molecule has 0 radical (unpaired) electrons. The topological polar surface area (TPSA) is 105 Å². The number of H-pyrrole nitrogens is 1. The lowest BCUT2D eigenvalue weighted by Crippen LogP contribution is -2.38. The molecule has 1 fully saturated rings. The molecule has 3 atom stereocenters. The maximum atomic E-state index is 11.0. The predicted octanol–water partition coefficient (Wildman–Crippen LogP) is -0.516. The molecule has 2 rings (SSSR count). The van der Waals surface area contributed by atoms with Crippen molar-refractivity contribution in [3.05, 3.63) is 18.2 Å². The number of nitrogens with one attached hydrogen (secondary N) is 1. The lowest BCUT2D eigenvalue weighted by Gasteiger charge is -2.26. The van der Waals surface area contributed by atoms with E-state index < -0.39 is 24.0 Å². The van der Waals surface area contributed by atoms with Gasteiger partial charge in [0, 0.05) is 25.7 Å². The van der Waals surface area contributed by atoms with Crippen molar-refractivity contribution in [3.63, 3.8) is 0 Å². The smallest absolute Gasteiger partial charge is 0.305 e. The summed E-state index contributed by atoms with van der Waals surface area (Å²) in [7, 11) is 0. The predicted molar refractivity (Wildman–Crippen MR) is 54.6 cm³/mol. The van der Waals surface area contributed by atoms with Gasteiger partial charge < -0.3 is 24.7 Å². The van der Waals surface area contributed by atoms with E-state index in [9.17, 15) is 9.90 Å². The molecule has 1 aromatic rings. The molecule has 3 N–H and O–H groups in total. The van der Waals surface area contributed by atoms with E-state index in [-0.39, 0.29) is 13.0 Å². The Kier molecular flexibility index (Phi) is 3.14. The van der Waals surface area contributed by atoms with Gasteiger partial charge in [0.2, 0.25) is 5.79 Å². The van der Waals surface area contributed by atoms with Crippen LogP contribution in [0.1, 0.15) is 25.3 Å². The summed E-state index contributed by atoms with van der Waals surface area (Å²) in [5.41, 5.74) is 0. The zero-order chi connectivity index (χ0) is 12.5. The highest BCUT2D eigenvalue weighted by Crippen LogP contribution is 2.40. The number of hydrogen-bond donors (Lipinski definition) is 3. The molecule has 0 spiro atoms. The van der Waals surface area contributed by atoms with Crippen molar-refractivity contribution in [1.82, 2.24) is 9.97 Å². The first-order valence-corrected chi connectivity index (χ1v) is 5.22. The number of carbonyl (C=O) groups excluding carboxylic acids is 1. The number of imidazole rings is 1. The zero-order valence-electron chi connectivity index (χ0n) is 9.29. The van der Waals surface area contributed by atoms with Crippen LogP contribution in [0.4, 0.5) is 0 Å². The fourth-order valence-corrected chi connectivity index (χ4v) is 1.93. The summed E-state index contributed by atoms with van der Waals surface area (Å²) in [6.07, 6.45) is 1.57. The third-order valence-electron chi connectivity index (χ3n) is 2.55. The molecular formula is C10H14N2O5. The van der Waals surface area contributed by atoms with Crippen LogP contribution in [0, 0.1) is 0 Å². The van der Waals surface area contributed by atoms with Gasteiger partial charge in [-0.25, -0.2) is 4.98 Å². The second kappa shape index (κ2) is 4.44. The van der Waals surface area contributed by atoms with Gasteiger partial charge in [0.15, 0.2) is 6.10 Å². The van der Waals surface area contributed by atoms with E-state index in [1.54, 1.807) is 6.20 Å². The lowest BCUT2D eigenvalue weighted by atomic mass is 10.1. The van der Waals surface area contributed by atoms with Gasteiger partial charge in [-0.05, 0) is 0 Å². The van der Waals surface area contributed by atoms with E-state index in [4.69, 9.17) is 14.6 Å². The van der Waals surface area contributed by atoms with Crippen molar-refractivity contribution in [3.8, 4) is 0 Å². The monoisotopic (exact) mass is 242 g/mol. The summed E-state index contributed by atoms with van der Waals surface area (Å²) in [5.74, 6) is -2.06. The minimum atomic E-state index is -1.79. The van der Waals surface area contributed by atoms with Crippen molar-refractivity contribution in [1.29, 1.82) is 0 Å². The molecule has 1 aliphatic rings. The maximum Gasteiger partial charge on any atom is 0.305 e. The second-order valence-corrected chi connectivity index (χ2v) is 3.94. The van der Waals surface area contributed by atoms with Gasteiger partial charge in [0.05, 0.1) is 12.7 Å². The number of aliphatic hydroxyl groups excluding tert-OH is 1. The fraction of sp³-hybridized carbons (Fsp3) is 0.600. The Bertz CT molecular complexity index is 393. The Balaban J connectivity index is 2.24. The van der Waals surface area contributed by atoms with E-state index in [1.165, 1.54) is 13.1 Å². The summed E-state index contributed by atoms with van der Waals surface area (Å²) in [4.78, 5) is 17.7. The van der Waals surface area contributed by atoms with Gasteiger partial charge in [-0.1, -0.05) is 0 Å². The van der Waals surface area contributed by atoms with Crippen LogP contribution in [0.5, 0.6) is 0 Å². The van der Waals surface area contributed by atoms with Crippen LogP contribution in [0.3, 0.4) is 0 Å². The molecule has 7 heteroatoms. The first kappa shape index (κ1) is 12.0. The number of aromatic nitrogens is 2. The van der Waals surface area contributed by atoms with Crippen molar-refractivity contribution in [2.24, 2.45) is 0 Å². The first-order chi connectivity index (χ1) is 8.05. The van der Waals surface area contributed by atoms with Gasteiger partial charge >= 0.3 is 5.97 Å².